The van der Waals surface area contributed by atoms with Crippen LogP contribution in [-0.2, 0) is 11.2 Å². The summed E-state index contributed by atoms with van der Waals surface area (Å²) in [5, 5.41) is 3.35. The molecule has 1 aromatic carbocycles. The molecule has 0 aliphatic heterocycles. The van der Waals surface area contributed by atoms with E-state index in [0.29, 0.717) is 5.92 Å². The lowest BCUT2D eigenvalue weighted by molar-refractivity contribution is -0.123. The SMILES string of the molecule is CC(CNC/C=C/C(=O)N(C)C)Cc1ccc(I)cc1. The average Bonchev–Trinajstić information content (AvgIpc) is 2.40. The second kappa shape index (κ2) is 9.13. The van der Waals surface area contributed by atoms with Gasteiger partial charge in [-0.25, -0.2) is 0 Å². The van der Waals surface area contributed by atoms with Crippen LogP contribution in [0.2, 0.25) is 0 Å². The van der Waals surface area contributed by atoms with Crippen molar-refractivity contribution in [1.29, 1.82) is 0 Å². The van der Waals surface area contributed by atoms with Crippen LogP contribution in [0.1, 0.15) is 12.5 Å². The highest BCUT2D eigenvalue weighted by Crippen LogP contribution is 2.11. The topological polar surface area (TPSA) is 32.3 Å². The number of nitrogens with one attached hydrogen (secondary N) is 1. The van der Waals surface area contributed by atoms with Gasteiger partial charge < -0.3 is 10.2 Å². The van der Waals surface area contributed by atoms with Crippen molar-refractivity contribution in [2.75, 3.05) is 27.2 Å². The van der Waals surface area contributed by atoms with Crippen LogP contribution in [0.4, 0.5) is 0 Å². The number of carbonyl (C=O) groups excluding carboxylic acids is 1. The first kappa shape index (κ1) is 17.2. The van der Waals surface area contributed by atoms with Gasteiger partial charge in [0.05, 0.1) is 0 Å². The summed E-state index contributed by atoms with van der Waals surface area (Å²) in [7, 11) is 3.51. The van der Waals surface area contributed by atoms with E-state index >= 15 is 0 Å². The molecule has 0 aliphatic carbocycles. The smallest absolute Gasteiger partial charge is 0.245 e. The molecule has 0 spiro atoms. The number of likely N-dealkylation sites (N-methyl/N-ethyl adjacent to an activating group) is 1. The Labute approximate surface area is 135 Å². The van der Waals surface area contributed by atoms with Gasteiger partial charge in [0.1, 0.15) is 0 Å². The quantitative estimate of drug-likeness (QED) is 0.444. The summed E-state index contributed by atoms with van der Waals surface area (Å²) in [6, 6.07) is 8.67. The molecule has 0 heterocycles. The third kappa shape index (κ3) is 7.05. The van der Waals surface area contributed by atoms with Crippen molar-refractivity contribution in [3.63, 3.8) is 0 Å². The molecule has 1 rings (SSSR count). The fraction of sp³-hybridized carbons (Fsp3) is 0.438. The first-order valence-corrected chi connectivity index (χ1v) is 7.90. The number of carbonyl (C=O) groups is 1. The molecule has 1 atom stereocenters. The largest absolute Gasteiger partial charge is 0.345 e. The molecule has 1 amide bonds. The Hall–Kier alpha value is -0.880. The summed E-state index contributed by atoms with van der Waals surface area (Å²) in [6.45, 7) is 3.92. The van der Waals surface area contributed by atoms with Crippen LogP contribution in [0.5, 0.6) is 0 Å². The van der Waals surface area contributed by atoms with Crippen molar-refractivity contribution >= 4 is 28.5 Å². The minimum absolute atomic E-state index is 0.0266. The number of nitrogens with zero attached hydrogens (tertiary/aromatic N) is 1. The maximum atomic E-state index is 11.3. The number of hydrogen-bond donors (Lipinski definition) is 1. The second-order valence-corrected chi connectivity index (χ2v) is 6.47. The molecule has 4 heteroatoms. The summed E-state index contributed by atoms with van der Waals surface area (Å²) >= 11 is 2.32. The minimum atomic E-state index is 0.0266. The molecule has 3 nitrogen and oxygen atoms in total. The molecule has 0 saturated carbocycles. The predicted octanol–water partition coefficient (Wildman–Crippen LogP) is 2.70. The van der Waals surface area contributed by atoms with Gasteiger partial charge in [-0.2, -0.15) is 0 Å². The van der Waals surface area contributed by atoms with Crippen molar-refractivity contribution in [2.24, 2.45) is 5.92 Å². The highest BCUT2D eigenvalue weighted by molar-refractivity contribution is 14.1. The monoisotopic (exact) mass is 386 g/mol. The van der Waals surface area contributed by atoms with Crippen LogP contribution >= 0.6 is 22.6 Å². The van der Waals surface area contributed by atoms with E-state index in [1.165, 1.54) is 9.13 Å². The lowest BCUT2D eigenvalue weighted by Gasteiger charge is -2.12. The summed E-state index contributed by atoms with van der Waals surface area (Å²) in [5.41, 5.74) is 1.37. The Balaban J connectivity index is 2.22. The molecule has 0 saturated heterocycles. The number of amides is 1. The molecule has 1 N–H and O–H groups in total. The third-order valence-corrected chi connectivity index (χ3v) is 3.67. The van der Waals surface area contributed by atoms with E-state index in [1.807, 2.05) is 6.08 Å². The normalized spacial score (nSPS) is 12.6. The number of halogens is 1. The van der Waals surface area contributed by atoms with Crippen LogP contribution in [0.25, 0.3) is 0 Å². The molecule has 0 aliphatic rings. The lowest BCUT2D eigenvalue weighted by Crippen LogP contribution is -2.23. The van der Waals surface area contributed by atoms with Gasteiger partial charge in [-0.3, -0.25) is 4.79 Å². The van der Waals surface area contributed by atoms with Crippen LogP contribution < -0.4 is 5.32 Å². The predicted molar refractivity (Wildman–Crippen MR) is 92.7 cm³/mol. The van der Waals surface area contributed by atoms with Gasteiger partial charge in [0.2, 0.25) is 5.91 Å². The van der Waals surface area contributed by atoms with Gasteiger partial charge in [-0.1, -0.05) is 25.1 Å². The standard InChI is InChI=1S/C16H23IN2O/c1-13(11-14-6-8-15(17)9-7-14)12-18-10-4-5-16(20)19(2)3/h4-9,13,18H,10-12H2,1-3H3/b5-4+. The van der Waals surface area contributed by atoms with Gasteiger partial charge >= 0.3 is 0 Å². The fourth-order valence-electron chi connectivity index (χ4n) is 1.82. The zero-order valence-corrected chi connectivity index (χ0v) is 14.6. The summed E-state index contributed by atoms with van der Waals surface area (Å²) in [5.74, 6) is 0.603. The van der Waals surface area contributed by atoms with Crippen molar-refractivity contribution < 1.29 is 4.79 Å². The molecule has 20 heavy (non-hydrogen) atoms. The van der Waals surface area contributed by atoms with E-state index in [1.54, 1.807) is 25.1 Å². The number of rotatable bonds is 7. The van der Waals surface area contributed by atoms with Crippen molar-refractivity contribution in [3.8, 4) is 0 Å². The molecule has 0 radical (unpaired) electrons. The van der Waals surface area contributed by atoms with Crippen molar-refractivity contribution in [1.82, 2.24) is 10.2 Å². The maximum Gasteiger partial charge on any atom is 0.245 e. The lowest BCUT2D eigenvalue weighted by atomic mass is 10.0. The molecular weight excluding hydrogens is 363 g/mol. The van der Waals surface area contributed by atoms with Crippen molar-refractivity contribution in [3.05, 3.63) is 45.6 Å². The van der Waals surface area contributed by atoms with E-state index in [2.05, 4.69) is 59.1 Å². The van der Waals surface area contributed by atoms with Crippen LogP contribution in [0.3, 0.4) is 0 Å². The minimum Gasteiger partial charge on any atom is -0.345 e. The summed E-state index contributed by atoms with van der Waals surface area (Å²) < 4.78 is 1.27. The molecule has 0 aromatic heterocycles. The van der Waals surface area contributed by atoms with Gasteiger partial charge in [0, 0.05) is 30.3 Å². The van der Waals surface area contributed by atoms with Crippen LogP contribution in [0.15, 0.2) is 36.4 Å². The zero-order valence-electron chi connectivity index (χ0n) is 12.4. The first-order valence-electron chi connectivity index (χ1n) is 6.82. The van der Waals surface area contributed by atoms with E-state index < -0.39 is 0 Å². The maximum absolute atomic E-state index is 11.3. The molecule has 0 fully saturated rings. The highest BCUT2D eigenvalue weighted by atomic mass is 127. The van der Waals surface area contributed by atoms with Crippen LogP contribution in [0, 0.1) is 9.49 Å². The Bertz CT molecular complexity index is 440. The Morgan fingerprint density at radius 2 is 2.00 bits per heavy atom. The van der Waals surface area contributed by atoms with E-state index in [9.17, 15) is 4.79 Å². The highest BCUT2D eigenvalue weighted by Gasteiger charge is 2.03. The molecule has 0 bridgehead atoms. The fourth-order valence-corrected chi connectivity index (χ4v) is 2.18. The van der Waals surface area contributed by atoms with Gasteiger partial charge in [0.15, 0.2) is 0 Å². The Morgan fingerprint density at radius 3 is 2.60 bits per heavy atom. The van der Waals surface area contributed by atoms with E-state index in [-0.39, 0.29) is 5.91 Å². The van der Waals surface area contributed by atoms with Gasteiger partial charge in [-0.05, 0) is 59.2 Å². The molecule has 1 unspecified atom stereocenters. The number of benzene rings is 1. The Kier molecular flexibility index (Phi) is 7.84. The zero-order chi connectivity index (χ0) is 15.0. The average molecular weight is 386 g/mol. The summed E-state index contributed by atoms with van der Waals surface area (Å²) in [4.78, 5) is 12.9. The van der Waals surface area contributed by atoms with E-state index in [4.69, 9.17) is 0 Å². The van der Waals surface area contributed by atoms with Gasteiger partial charge in [0.25, 0.3) is 0 Å². The molecular formula is C16H23IN2O. The second-order valence-electron chi connectivity index (χ2n) is 5.23. The van der Waals surface area contributed by atoms with E-state index in [0.717, 1.165) is 19.5 Å². The third-order valence-electron chi connectivity index (χ3n) is 2.95. The molecule has 110 valence electrons. The van der Waals surface area contributed by atoms with Crippen LogP contribution in [-0.4, -0.2) is 38.0 Å². The van der Waals surface area contributed by atoms with Crippen molar-refractivity contribution in [2.45, 2.75) is 13.3 Å². The summed E-state index contributed by atoms with van der Waals surface area (Å²) in [6.07, 6.45) is 4.56. The number of hydrogen-bond acceptors (Lipinski definition) is 2. The Morgan fingerprint density at radius 1 is 1.35 bits per heavy atom. The molecule has 1 aromatic rings. The first-order chi connectivity index (χ1) is 9.49. The van der Waals surface area contributed by atoms with Gasteiger partial charge in [-0.15, -0.1) is 0 Å².